The zero-order valence-electron chi connectivity index (χ0n) is 18.5. The van der Waals surface area contributed by atoms with E-state index in [0.29, 0.717) is 31.6 Å². The molecule has 1 atom stereocenters. The zero-order chi connectivity index (χ0) is 22.6. The van der Waals surface area contributed by atoms with Crippen molar-refractivity contribution in [1.82, 2.24) is 15.2 Å². The van der Waals surface area contributed by atoms with Crippen LogP contribution in [0.25, 0.3) is 0 Å². The smallest absolute Gasteiger partial charge is 0.410 e. The van der Waals surface area contributed by atoms with Crippen LogP contribution < -0.4 is 5.32 Å². The Kier molecular flexibility index (Phi) is 6.62. The first kappa shape index (κ1) is 22.7. The van der Waals surface area contributed by atoms with Gasteiger partial charge in [-0.3, -0.25) is 9.78 Å². The second-order valence-corrected chi connectivity index (χ2v) is 9.24. The number of aromatic nitrogens is 1. The number of carbonyl (C=O) groups is 2. The lowest BCUT2D eigenvalue weighted by atomic mass is 9.79. The fourth-order valence-corrected chi connectivity index (χ4v) is 3.57. The molecular formula is C24H30FN3O3. The highest BCUT2D eigenvalue weighted by Crippen LogP contribution is 2.33. The van der Waals surface area contributed by atoms with E-state index < -0.39 is 17.1 Å². The fourth-order valence-electron chi connectivity index (χ4n) is 3.57. The van der Waals surface area contributed by atoms with E-state index in [2.05, 4.69) is 10.3 Å². The first-order valence-electron chi connectivity index (χ1n) is 10.5. The molecule has 31 heavy (non-hydrogen) atoms. The number of nitrogens with one attached hydrogen (secondary N) is 1. The van der Waals surface area contributed by atoms with E-state index in [1.807, 2.05) is 39.8 Å². The van der Waals surface area contributed by atoms with Gasteiger partial charge in [-0.15, -0.1) is 0 Å². The molecule has 0 spiro atoms. The molecule has 2 heterocycles. The number of carbonyl (C=O) groups excluding carboxylic acids is 2. The summed E-state index contributed by atoms with van der Waals surface area (Å²) in [6.07, 6.45) is 2.36. The third-order valence-electron chi connectivity index (χ3n) is 5.53. The Hall–Kier alpha value is -2.96. The molecule has 1 aliphatic rings. The van der Waals surface area contributed by atoms with Crippen molar-refractivity contribution in [2.24, 2.45) is 5.41 Å². The van der Waals surface area contributed by atoms with Crippen molar-refractivity contribution in [2.45, 2.75) is 52.2 Å². The lowest BCUT2D eigenvalue weighted by Gasteiger charge is -2.39. The van der Waals surface area contributed by atoms with Crippen LogP contribution >= 0.6 is 0 Å². The highest BCUT2D eigenvalue weighted by Gasteiger charge is 2.40. The van der Waals surface area contributed by atoms with Gasteiger partial charge in [0.1, 0.15) is 11.4 Å². The molecule has 6 nitrogen and oxygen atoms in total. The lowest BCUT2D eigenvalue weighted by Crippen LogP contribution is -2.50. The summed E-state index contributed by atoms with van der Waals surface area (Å²) < 4.78 is 18.9. The highest BCUT2D eigenvalue weighted by atomic mass is 19.1. The molecule has 1 saturated heterocycles. The minimum Gasteiger partial charge on any atom is -0.444 e. The Labute approximate surface area is 182 Å². The van der Waals surface area contributed by atoms with Crippen LogP contribution in [0, 0.1) is 11.2 Å². The summed E-state index contributed by atoms with van der Waals surface area (Å²) in [4.78, 5) is 31.7. The van der Waals surface area contributed by atoms with Gasteiger partial charge in [-0.2, -0.15) is 0 Å². The van der Waals surface area contributed by atoms with E-state index in [1.54, 1.807) is 29.3 Å². The van der Waals surface area contributed by atoms with Gasteiger partial charge in [0.15, 0.2) is 0 Å². The number of amides is 2. The quantitative estimate of drug-likeness (QED) is 0.782. The van der Waals surface area contributed by atoms with Crippen molar-refractivity contribution in [2.75, 3.05) is 13.1 Å². The number of pyridine rings is 1. The largest absolute Gasteiger partial charge is 0.444 e. The van der Waals surface area contributed by atoms with Gasteiger partial charge in [0.25, 0.3) is 0 Å². The maximum Gasteiger partial charge on any atom is 0.410 e. The summed E-state index contributed by atoms with van der Waals surface area (Å²) in [5.41, 5.74) is 0.242. The molecule has 7 heteroatoms. The molecule has 0 saturated carbocycles. The molecule has 1 fully saturated rings. The van der Waals surface area contributed by atoms with Gasteiger partial charge < -0.3 is 15.0 Å². The second kappa shape index (κ2) is 9.04. The molecule has 1 aromatic carbocycles. The molecule has 0 bridgehead atoms. The summed E-state index contributed by atoms with van der Waals surface area (Å²) in [5, 5.41) is 3.10. The van der Waals surface area contributed by atoms with E-state index in [9.17, 15) is 14.0 Å². The third-order valence-corrected chi connectivity index (χ3v) is 5.53. The van der Waals surface area contributed by atoms with Crippen molar-refractivity contribution >= 4 is 12.0 Å². The summed E-state index contributed by atoms with van der Waals surface area (Å²) in [7, 11) is 0. The van der Waals surface area contributed by atoms with Crippen LogP contribution in [0.4, 0.5) is 9.18 Å². The van der Waals surface area contributed by atoms with E-state index in [1.165, 1.54) is 12.1 Å². The van der Waals surface area contributed by atoms with Crippen LogP contribution in [0.1, 0.15) is 57.8 Å². The van der Waals surface area contributed by atoms with Gasteiger partial charge in [0.2, 0.25) is 5.91 Å². The van der Waals surface area contributed by atoms with Gasteiger partial charge in [0.05, 0.1) is 11.7 Å². The molecule has 1 unspecified atom stereocenters. The van der Waals surface area contributed by atoms with Crippen LogP contribution in [-0.2, 0) is 9.53 Å². The number of nitrogens with zero attached hydrogens (tertiary/aromatic N) is 2. The number of ether oxygens (including phenoxy) is 1. The predicted octanol–water partition coefficient (Wildman–Crippen LogP) is 4.46. The number of hydrogen-bond acceptors (Lipinski definition) is 4. The van der Waals surface area contributed by atoms with Crippen molar-refractivity contribution in [3.8, 4) is 0 Å². The average molecular weight is 428 g/mol. The van der Waals surface area contributed by atoms with Gasteiger partial charge in [0, 0.05) is 24.7 Å². The molecule has 0 aliphatic carbocycles. The Balaban J connectivity index is 1.72. The van der Waals surface area contributed by atoms with Crippen LogP contribution in [0.15, 0.2) is 48.7 Å². The monoisotopic (exact) mass is 427 g/mol. The van der Waals surface area contributed by atoms with Crippen molar-refractivity contribution in [1.29, 1.82) is 0 Å². The van der Waals surface area contributed by atoms with Crippen LogP contribution in [-0.4, -0.2) is 40.6 Å². The minimum absolute atomic E-state index is 0.115. The molecule has 3 rings (SSSR count). The third kappa shape index (κ3) is 5.81. The van der Waals surface area contributed by atoms with E-state index in [0.717, 1.165) is 5.56 Å². The van der Waals surface area contributed by atoms with Crippen LogP contribution in [0.3, 0.4) is 0 Å². The standard InChI is InChI=1S/C24H30FN3O3/c1-23(2,3)31-22(30)28-15-12-24(4,13-16-28)21(29)27-20(19-7-5-6-14-26-19)17-8-10-18(25)11-9-17/h5-11,14,20H,12-13,15-16H2,1-4H3,(H,27,29). The van der Waals surface area contributed by atoms with Gasteiger partial charge in [-0.05, 0) is 63.4 Å². The first-order valence-corrected chi connectivity index (χ1v) is 10.5. The minimum atomic E-state index is -0.633. The number of benzene rings is 1. The van der Waals surface area contributed by atoms with Gasteiger partial charge in [-0.25, -0.2) is 9.18 Å². The Morgan fingerprint density at radius 2 is 1.77 bits per heavy atom. The Morgan fingerprint density at radius 1 is 1.13 bits per heavy atom. The maximum atomic E-state index is 13.4. The van der Waals surface area contributed by atoms with E-state index in [4.69, 9.17) is 4.74 Å². The number of piperidine rings is 1. The Bertz CT molecular complexity index is 902. The lowest BCUT2D eigenvalue weighted by molar-refractivity contribution is -0.133. The summed E-state index contributed by atoms with van der Waals surface area (Å²) in [6, 6.07) is 11.1. The number of rotatable bonds is 4. The molecule has 166 valence electrons. The van der Waals surface area contributed by atoms with Gasteiger partial charge >= 0.3 is 6.09 Å². The molecular weight excluding hydrogens is 397 g/mol. The van der Waals surface area contributed by atoms with E-state index >= 15 is 0 Å². The molecule has 2 amide bonds. The number of halogens is 1. The Morgan fingerprint density at radius 3 is 2.32 bits per heavy atom. The van der Waals surface area contributed by atoms with Crippen molar-refractivity contribution < 1.29 is 18.7 Å². The van der Waals surface area contributed by atoms with Gasteiger partial charge in [-0.1, -0.05) is 25.1 Å². The highest BCUT2D eigenvalue weighted by molar-refractivity contribution is 5.83. The molecule has 0 radical (unpaired) electrons. The normalized spacial score (nSPS) is 17.0. The van der Waals surface area contributed by atoms with Crippen molar-refractivity contribution in [3.05, 3.63) is 65.7 Å². The predicted molar refractivity (Wildman–Crippen MR) is 116 cm³/mol. The second-order valence-electron chi connectivity index (χ2n) is 9.24. The van der Waals surface area contributed by atoms with Crippen molar-refractivity contribution in [3.63, 3.8) is 0 Å². The fraction of sp³-hybridized carbons (Fsp3) is 0.458. The molecule has 1 aliphatic heterocycles. The SMILES string of the molecule is CC(C)(C)OC(=O)N1CCC(C)(C(=O)NC(c2ccc(F)cc2)c2ccccn2)CC1. The summed E-state index contributed by atoms with van der Waals surface area (Å²) in [6.45, 7) is 8.31. The maximum absolute atomic E-state index is 13.4. The average Bonchev–Trinajstić information content (AvgIpc) is 2.72. The number of hydrogen-bond donors (Lipinski definition) is 1. The van der Waals surface area contributed by atoms with Crippen LogP contribution in [0.5, 0.6) is 0 Å². The van der Waals surface area contributed by atoms with Crippen LogP contribution in [0.2, 0.25) is 0 Å². The summed E-state index contributed by atoms with van der Waals surface area (Å²) >= 11 is 0. The molecule has 1 aromatic heterocycles. The summed E-state index contributed by atoms with van der Waals surface area (Å²) in [5.74, 6) is -0.451. The molecule has 2 aromatic rings. The zero-order valence-corrected chi connectivity index (χ0v) is 18.5. The topological polar surface area (TPSA) is 71.5 Å². The van der Waals surface area contributed by atoms with E-state index in [-0.39, 0.29) is 17.8 Å². The molecule has 1 N–H and O–H groups in total. The number of likely N-dealkylation sites (tertiary alicyclic amines) is 1. The first-order chi connectivity index (χ1) is 14.6.